The van der Waals surface area contributed by atoms with Crippen molar-refractivity contribution in [2.24, 2.45) is 5.92 Å². The van der Waals surface area contributed by atoms with E-state index in [9.17, 15) is 0 Å². The maximum atomic E-state index is 5.79. The van der Waals surface area contributed by atoms with Crippen molar-refractivity contribution in [3.63, 3.8) is 0 Å². The second-order valence-corrected chi connectivity index (χ2v) is 4.78. The normalized spacial score (nSPS) is 16.7. The Kier molecular flexibility index (Phi) is 4.75. The van der Waals surface area contributed by atoms with Crippen molar-refractivity contribution in [3.8, 4) is 0 Å². The number of hydrogen-bond acceptors (Lipinski definition) is 5. The molecule has 0 unspecified atom stereocenters. The maximum Gasteiger partial charge on any atom is 0.133 e. The van der Waals surface area contributed by atoms with Crippen LogP contribution >= 0.6 is 0 Å². The van der Waals surface area contributed by atoms with E-state index in [1.807, 2.05) is 0 Å². The Morgan fingerprint density at radius 3 is 2.89 bits per heavy atom. The van der Waals surface area contributed by atoms with E-state index in [-0.39, 0.29) is 0 Å². The topological polar surface area (TPSA) is 73.1 Å². The van der Waals surface area contributed by atoms with Crippen LogP contribution in [-0.4, -0.2) is 29.7 Å². The van der Waals surface area contributed by atoms with E-state index < -0.39 is 0 Å². The van der Waals surface area contributed by atoms with Gasteiger partial charge in [0.05, 0.1) is 0 Å². The second-order valence-electron chi connectivity index (χ2n) is 4.78. The molecular formula is C13H22N4O. The van der Waals surface area contributed by atoms with Crippen LogP contribution in [-0.2, 0) is 11.2 Å². The number of anilines is 2. The van der Waals surface area contributed by atoms with Gasteiger partial charge in [0.2, 0.25) is 0 Å². The van der Waals surface area contributed by atoms with E-state index in [4.69, 9.17) is 10.5 Å². The Hall–Kier alpha value is -1.36. The van der Waals surface area contributed by atoms with Gasteiger partial charge in [0.15, 0.2) is 0 Å². The summed E-state index contributed by atoms with van der Waals surface area (Å²) in [6.45, 7) is 4.80. The van der Waals surface area contributed by atoms with Gasteiger partial charge < -0.3 is 15.8 Å². The maximum absolute atomic E-state index is 5.79. The molecule has 0 aromatic carbocycles. The Morgan fingerprint density at radius 1 is 1.39 bits per heavy atom. The molecule has 0 radical (unpaired) electrons. The fourth-order valence-electron chi connectivity index (χ4n) is 2.14. The Balaban J connectivity index is 1.91. The third-order valence-corrected chi connectivity index (χ3v) is 3.18. The average molecular weight is 250 g/mol. The zero-order chi connectivity index (χ0) is 12.8. The molecule has 1 fully saturated rings. The van der Waals surface area contributed by atoms with Crippen molar-refractivity contribution in [2.45, 2.75) is 32.6 Å². The molecule has 2 heterocycles. The summed E-state index contributed by atoms with van der Waals surface area (Å²) in [5.41, 5.74) is 5.79. The number of ether oxygens (including phenoxy) is 1. The van der Waals surface area contributed by atoms with E-state index in [0.29, 0.717) is 11.7 Å². The molecule has 0 amide bonds. The van der Waals surface area contributed by atoms with Crippen molar-refractivity contribution in [3.05, 3.63) is 11.9 Å². The van der Waals surface area contributed by atoms with Gasteiger partial charge in [-0.3, -0.25) is 0 Å². The minimum Gasteiger partial charge on any atom is -0.384 e. The Labute approximate surface area is 108 Å². The van der Waals surface area contributed by atoms with Gasteiger partial charge in [0.25, 0.3) is 0 Å². The summed E-state index contributed by atoms with van der Waals surface area (Å²) >= 11 is 0. The highest BCUT2D eigenvalue weighted by atomic mass is 16.5. The lowest BCUT2D eigenvalue weighted by molar-refractivity contribution is 0.0699. The standard InChI is InChI=1S/C13H22N4O/c1-2-3-12-16-11(14)8-13(17-12)15-9-10-4-6-18-7-5-10/h8,10H,2-7,9H2,1H3,(H3,14,15,16,17). The number of nitrogens with two attached hydrogens (primary N) is 1. The third-order valence-electron chi connectivity index (χ3n) is 3.18. The minimum absolute atomic E-state index is 0.544. The van der Waals surface area contributed by atoms with Crippen LogP contribution < -0.4 is 11.1 Å². The van der Waals surface area contributed by atoms with Crippen molar-refractivity contribution in [1.29, 1.82) is 0 Å². The molecule has 18 heavy (non-hydrogen) atoms. The fraction of sp³-hybridized carbons (Fsp3) is 0.692. The molecule has 0 aliphatic carbocycles. The van der Waals surface area contributed by atoms with E-state index in [1.165, 1.54) is 0 Å². The molecular weight excluding hydrogens is 228 g/mol. The van der Waals surface area contributed by atoms with Gasteiger partial charge in [-0.15, -0.1) is 0 Å². The molecule has 1 saturated heterocycles. The molecule has 1 aromatic heterocycles. The van der Waals surface area contributed by atoms with Crippen LogP contribution in [0.25, 0.3) is 0 Å². The number of rotatable bonds is 5. The first-order valence-electron chi connectivity index (χ1n) is 6.73. The molecule has 0 bridgehead atoms. The van der Waals surface area contributed by atoms with Crippen LogP contribution in [0.4, 0.5) is 11.6 Å². The van der Waals surface area contributed by atoms with E-state index in [0.717, 1.165) is 57.1 Å². The summed E-state index contributed by atoms with van der Waals surface area (Å²) in [5, 5.41) is 3.37. The molecule has 2 rings (SSSR count). The molecule has 5 heteroatoms. The summed E-state index contributed by atoms with van der Waals surface area (Å²) < 4.78 is 5.35. The van der Waals surface area contributed by atoms with Crippen molar-refractivity contribution < 1.29 is 4.74 Å². The van der Waals surface area contributed by atoms with Crippen LogP contribution in [0.2, 0.25) is 0 Å². The highest BCUT2D eigenvalue weighted by molar-refractivity contribution is 5.44. The van der Waals surface area contributed by atoms with Crippen molar-refractivity contribution >= 4 is 11.6 Å². The molecule has 100 valence electrons. The number of hydrogen-bond donors (Lipinski definition) is 2. The zero-order valence-electron chi connectivity index (χ0n) is 11.0. The van der Waals surface area contributed by atoms with Gasteiger partial charge in [-0.1, -0.05) is 6.92 Å². The van der Waals surface area contributed by atoms with Crippen LogP contribution in [0.15, 0.2) is 6.07 Å². The Bertz CT molecular complexity index is 377. The summed E-state index contributed by atoms with van der Waals surface area (Å²) in [4.78, 5) is 8.70. The quantitative estimate of drug-likeness (QED) is 0.834. The van der Waals surface area contributed by atoms with Crippen LogP contribution in [0.3, 0.4) is 0 Å². The summed E-state index contributed by atoms with van der Waals surface area (Å²) in [6.07, 6.45) is 4.14. The van der Waals surface area contributed by atoms with E-state index in [1.54, 1.807) is 6.07 Å². The van der Waals surface area contributed by atoms with Gasteiger partial charge in [-0.05, 0) is 25.2 Å². The number of aromatic nitrogens is 2. The predicted molar refractivity (Wildman–Crippen MR) is 72.5 cm³/mol. The molecule has 1 aliphatic rings. The zero-order valence-corrected chi connectivity index (χ0v) is 11.0. The fourth-order valence-corrected chi connectivity index (χ4v) is 2.14. The number of aryl methyl sites for hydroxylation is 1. The molecule has 1 aromatic rings. The lowest BCUT2D eigenvalue weighted by Crippen LogP contribution is -2.23. The average Bonchev–Trinajstić information content (AvgIpc) is 2.37. The molecule has 0 saturated carbocycles. The van der Waals surface area contributed by atoms with Gasteiger partial charge in [-0.2, -0.15) is 0 Å². The third kappa shape index (κ3) is 3.84. The minimum atomic E-state index is 0.544. The SMILES string of the molecule is CCCc1nc(N)cc(NCC2CCOCC2)n1. The molecule has 0 spiro atoms. The van der Waals surface area contributed by atoms with Gasteiger partial charge in [0, 0.05) is 32.2 Å². The van der Waals surface area contributed by atoms with Crippen LogP contribution in [0.1, 0.15) is 32.0 Å². The molecule has 3 N–H and O–H groups in total. The highest BCUT2D eigenvalue weighted by Crippen LogP contribution is 2.16. The first kappa shape index (κ1) is 13.1. The lowest BCUT2D eigenvalue weighted by atomic mass is 10.0. The largest absolute Gasteiger partial charge is 0.384 e. The van der Waals surface area contributed by atoms with Gasteiger partial charge in [-0.25, -0.2) is 9.97 Å². The van der Waals surface area contributed by atoms with E-state index >= 15 is 0 Å². The molecule has 5 nitrogen and oxygen atoms in total. The molecule has 1 aliphatic heterocycles. The van der Waals surface area contributed by atoms with Crippen molar-refractivity contribution in [2.75, 3.05) is 30.8 Å². The first-order chi connectivity index (χ1) is 8.78. The van der Waals surface area contributed by atoms with Gasteiger partial charge in [0.1, 0.15) is 17.5 Å². The van der Waals surface area contributed by atoms with Gasteiger partial charge >= 0.3 is 0 Å². The predicted octanol–water partition coefficient (Wildman–Crippen LogP) is 1.85. The summed E-state index contributed by atoms with van der Waals surface area (Å²) in [5.74, 6) is 2.89. The molecule has 0 atom stereocenters. The van der Waals surface area contributed by atoms with Crippen molar-refractivity contribution in [1.82, 2.24) is 9.97 Å². The number of nitrogens with one attached hydrogen (secondary N) is 1. The smallest absolute Gasteiger partial charge is 0.133 e. The highest BCUT2D eigenvalue weighted by Gasteiger charge is 2.13. The van der Waals surface area contributed by atoms with Crippen LogP contribution in [0, 0.1) is 5.92 Å². The van der Waals surface area contributed by atoms with Crippen LogP contribution in [0.5, 0.6) is 0 Å². The second kappa shape index (κ2) is 6.54. The first-order valence-corrected chi connectivity index (χ1v) is 6.73. The van der Waals surface area contributed by atoms with E-state index in [2.05, 4.69) is 22.2 Å². The number of nitrogen functional groups attached to an aromatic ring is 1. The number of nitrogens with zero attached hydrogens (tertiary/aromatic N) is 2. The monoisotopic (exact) mass is 250 g/mol. The summed E-state index contributed by atoms with van der Waals surface area (Å²) in [7, 11) is 0. The lowest BCUT2D eigenvalue weighted by Gasteiger charge is -2.22. The Morgan fingerprint density at radius 2 is 2.17 bits per heavy atom. The summed E-state index contributed by atoms with van der Waals surface area (Å²) in [6, 6.07) is 1.80.